The Morgan fingerprint density at radius 3 is 2.93 bits per heavy atom. The fraction of sp³-hybridized carbons (Fsp3) is 0.556. The van der Waals surface area contributed by atoms with Gasteiger partial charge in [0.2, 0.25) is 0 Å². The molecular weight excluding hydrogens is 180 g/mol. The standard InChI is InChI=1S/C9H11BFN3/c10-8-4-13-9(5-12-8)14-3-1-2-7(11)6-14/h4-5,7H,1-3,6H2/t7-/m0/s1. The number of anilines is 1. The molecule has 0 bridgehead atoms. The van der Waals surface area contributed by atoms with Crippen molar-refractivity contribution >= 4 is 19.3 Å². The molecule has 14 heavy (non-hydrogen) atoms. The minimum Gasteiger partial charge on any atom is -0.352 e. The summed E-state index contributed by atoms with van der Waals surface area (Å²) in [6.45, 7) is 1.26. The summed E-state index contributed by atoms with van der Waals surface area (Å²) in [5.41, 5.74) is 0.391. The SMILES string of the molecule is [B]c1cnc(N2CCC[C@H](F)C2)cn1. The van der Waals surface area contributed by atoms with Crippen LogP contribution in [-0.4, -0.2) is 37.1 Å². The second kappa shape index (κ2) is 3.94. The molecule has 0 unspecified atom stereocenters. The number of alkyl halides is 1. The van der Waals surface area contributed by atoms with Crippen LogP contribution in [0.2, 0.25) is 0 Å². The maximum atomic E-state index is 13.1. The van der Waals surface area contributed by atoms with Crippen LogP contribution in [-0.2, 0) is 0 Å². The van der Waals surface area contributed by atoms with E-state index in [0.29, 0.717) is 24.4 Å². The summed E-state index contributed by atoms with van der Waals surface area (Å²) in [5.74, 6) is 0.710. The van der Waals surface area contributed by atoms with E-state index in [9.17, 15) is 4.39 Å². The van der Waals surface area contributed by atoms with Crippen LogP contribution in [0, 0.1) is 0 Å². The molecule has 1 aromatic heterocycles. The van der Waals surface area contributed by atoms with Gasteiger partial charge in [0.1, 0.15) is 19.8 Å². The molecule has 0 saturated carbocycles. The molecular formula is C9H11BFN3. The van der Waals surface area contributed by atoms with Crippen LogP contribution in [0.1, 0.15) is 12.8 Å². The average molecular weight is 191 g/mol. The van der Waals surface area contributed by atoms with Crippen LogP contribution < -0.4 is 10.5 Å². The Kier molecular flexibility index (Phi) is 2.66. The van der Waals surface area contributed by atoms with E-state index >= 15 is 0 Å². The zero-order valence-corrected chi connectivity index (χ0v) is 7.86. The quantitative estimate of drug-likeness (QED) is 0.594. The predicted molar refractivity (Wildman–Crippen MR) is 53.8 cm³/mol. The number of hydrogen-bond acceptors (Lipinski definition) is 3. The molecule has 5 heteroatoms. The highest BCUT2D eigenvalue weighted by Crippen LogP contribution is 2.17. The van der Waals surface area contributed by atoms with Crippen molar-refractivity contribution in [2.24, 2.45) is 0 Å². The molecule has 2 rings (SSSR count). The lowest BCUT2D eigenvalue weighted by atomic mass is 10.1. The molecule has 0 spiro atoms. The number of nitrogens with zero attached hydrogens (tertiary/aromatic N) is 3. The summed E-state index contributed by atoms with van der Waals surface area (Å²) in [4.78, 5) is 9.94. The second-order valence-corrected chi connectivity index (χ2v) is 3.48. The maximum Gasteiger partial charge on any atom is 0.147 e. The van der Waals surface area contributed by atoms with Crippen LogP contribution in [0.4, 0.5) is 10.2 Å². The van der Waals surface area contributed by atoms with Crippen LogP contribution >= 0.6 is 0 Å². The van der Waals surface area contributed by atoms with Gasteiger partial charge >= 0.3 is 0 Å². The van der Waals surface area contributed by atoms with Crippen molar-refractivity contribution in [2.75, 3.05) is 18.0 Å². The summed E-state index contributed by atoms with van der Waals surface area (Å²) >= 11 is 0. The Balaban J connectivity index is 2.10. The van der Waals surface area contributed by atoms with Gasteiger partial charge in [-0.05, 0) is 12.8 Å². The third-order valence-electron chi connectivity index (χ3n) is 2.35. The molecule has 3 nitrogen and oxygen atoms in total. The van der Waals surface area contributed by atoms with E-state index in [4.69, 9.17) is 7.85 Å². The molecule has 1 aliphatic heterocycles. The number of aromatic nitrogens is 2. The number of hydrogen-bond donors (Lipinski definition) is 0. The summed E-state index contributed by atoms with van der Waals surface area (Å²) in [7, 11) is 5.42. The van der Waals surface area contributed by atoms with E-state index in [1.807, 2.05) is 4.90 Å². The summed E-state index contributed by atoms with van der Waals surface area (Å²) in [6.07, 6.45) is 3.86. The third-order valence-corrected chi connectivity index (χ3v) is 2.35. The molecule has 2 heterocycles. The first kappa shape index (κ1) is 9.43. The molecule has 1 saturated heterocycles. The minimum absolute atomic E-state index is 0.391. The minimum atomic E-state index is -0.747. The fourth-order valence-electron chi connectivity index (χ4n) is 1.63. The highest BCUT2D eigenvalue weighted by molar-refractivity contribution is 6.30. The summed E-state index contributed by atoms with van der Waals surface area (Å²) < 4.78 is 13.1. The highest BCUT2D eigenvalue weighted by atomic mass is 19.1. The van der Waals surface area contributed by atoms with Crippen LogP contribution in [0.15, 0.2) is 12.4 Å². The molecule has 72 valence electrons. The van der Waals surface area contributed by atoms with E-state index in [0.717, 1.165) is 13.0 Å². The van der Waals surface area contributed by atoms with Gasteiger partial charge in [0.05, 0.1) is 12.7 Å². The zero-order chi connectivity index (χ0) is 9.97. The van der Waals surface area contributed by atoms with E-state index in [1.165, 1.54) is 6.20 Å². The molecule has 1 aromatic rings. The van der Waals surface area contributed by atoms with Crippen molar-refractivity contribution in [1.29, 1.82) is 0 Å². The zero-order valence-electron chi connectivity index (χ0n) is 7.86. The largest absolute Gasteiger partial charge is 0.352 e. The number of rotatable bonds is 1. The second-order valence-electron chi connectivity index (χ2n) is 3.48. The van der Waals surface area contributed by atoms with Crippen LogP contribution in [0.5, 0.6) is 0 Å². The fourth-order valence-corrected chi connectivity index (χ4v) is 1.63. The van der Waals surface area contributed by atoms with Gasteiger partial charge in [-0.1, -0.05) is 0 Å². The topological polar surface area (TPSA) is 29.0 Å². The molecule has 2 radical (unpaired) electrons. The smallest absolute Gasteiger partial charge is 0.147 e. The van der Waals surface area contributed by atoms with Gasteiger partial charge in [-0.15, -0.1) is 0 Å². The van der Waals surface area contributed by atoms with Crippen molar-refractivity contribution in [3.8, 4) is 0 Å². The first-order valence-corrected chi connectivity index (χ1v) is 4.72. The Labute approximate surface area is 83.8 Å². The lowest BCUT2D eigenvalue weighted by Crippen LogP contribution is -2.37. The lowest BCUT2D eigenvalue weighted by molar-refractivity contribution is 0.286. The lowest BCUT2D eigenvalue weighted by Gasteiger charge is -2.29. The molecule has 0 N–H and O–H groups in total. The molecule has 0 aliphatic carbocycles. The third kappa shape index (κ3) is 2.03. The van der Waals surface area contributed by atoms with E-state index < -0.39 is 6.17 Å². The van der Waals surface area contributed by atoms with Gasteiger partial charge in [-0.2, -0.15) is 0 Å². The van der Waals surface area contributed by atoms with Gasteiger partial charge in [0.15, 0.2) is 0 Å². The Morgan fingerprint density at radius 1 is 1.43 bits per heavy atom. The number of halogens is 1. The molecule has 1 aliphatic rings. The van der Waals surface area contributed by atoms with Gasteiger partial charge < -0.3 is 4.90 Å². The van der Waals surface area contributed by atoms with Gasteiger partial charge in [-0.25, -0.2) is 9.37 Å². The molecule has 1 fully saturated rings. The summed E-state index contributed by atoms with van der Waals surface area (Å²) in [6, 6.07) is 0. The monoisotopic (exact) mass is 191 g/mol. The summed E-state index contributed by atoms with van der Waals surface area (Å²) in [5, 5.41) is 0. The highest BCUT2D eigenvalue weighted by Gasteiger charge is 2.19. The molecule has 0 aromatic carbocycles. The van der Waals surface area contributed by atoms with Gasteiger partial charge in [0.25, 0.3) is 0 Å². The van der Waals surface area contributed by atoms with E-state index in [1.54, 1.807) is 6.20 Å². The van der Waals surface area contributed by atoms with Crippen molar-refractivity contribution in [3.63, 3.8) is 0 Å². The Bertz CT molecular complexity index is 303. The van der Waals surface area contributed by atoms with Crippen molar-refractivity contribution in [3.05, 3.63) is 12.4 Å². The maximum absolute atomic E-state index is 13.1. The van der Waals surface area contributed by atoms with Crippen molar-refractivity contribution in [1.82, 2.24) is 9.97 Å². The van der Waals surface area contributed by atoms with E-state index in [-0.39, 0.29) is 0 Å². The average Bonchev–Trinajstić information content (AvgIpc) is 2.19. The molecule has 1 atom stereocenters. The van der Waals surface area contributed by atoms with Crippen molar-refractivity contribution in [2.45, 2.75) is 19.0 Å². The van der Waals surface area contributed by atoms with Gasteiger partial charge in [0, 0.05) is 18.3 Å². The first-order chi connectivity index (χ1) is 6.75. The first-order valence-electron chi connectivity index (χ1n) is 4.72. The molecule has 0 amide bonds. The van der Waals surface area contributed by atoms with Crippen LogP contribution in [0.25, 0.3) is 0 Å². The Morgan fingerprint density at radius 2 is 2.29 bits per heavy atom. The van der Waals surface area contributed by atoms with Gasteiger partial charge in [-0.3, -0.25) is 4.98 Å². The number of piperidine rings is 1. The van der Waals surface area contributed by atoms with E-state index in [2.05, 4.69) is 9.97 Å². The normalized spacial score (nSPS) is 22.4. The predicted octanol–water partition coefficient (Wildman–Crippen LogP) is 0.209. The Hall–Kier alpha value is -1.13. The van der Waals surface area contributed by atoms with Crippen LogP contribution in [0.3, 0.4) is 0 Å². The van der Waals surface area contributed by atoms with Crippen molar-refractivity contribution < 1.29 is 4.39 Å².